The molecule has 0 saturated carbocycles. The van der Waals surface area contributed by atoms with Crippen molar-refractivity contribution in [2.75, 3.05) is 0 Å². The minimum Gasteiger partial charge on any atom is -0.267 e. The van der Waals surface area contributed by atoms with E-state index in [-0.39, 0.29) is 5.56 Å². The van der Waals surface area contributed by atoms with Crippen LogP contribution in [-0.2, 0) is 5.88 Å². The van der Waals surface area contributed by atoms with Crippen LogP contribution in [0.3, 0.4) is 0 Å². The Hall–Kier alpha value is -1.80. The summed E-state index contributed by atoms with van der Waals surface area (Å²) in [5, 5.41) is 17.3. The Morgan fingerprint density at radius 1 is 1.26 bits per heavy atom. The van der Waals surface area contributed by atoms with E-state index < -0.39 is 0 Å². The maximum absolute atomic E-state index is 12.2. The van der Waals surface area contributed by atoms with E-state index in [0.717, 1.165) is 9.35 Å². The predicted molar refractivity (Wildman–Crippen MR) is 74.3 cm³/mol. The molecule has 0 spiro atoms. The van der Waals surface area contributed by atoms with Gasteiger partial charge in [0.05, 0.1) is 11.3 Å². The van der Waals surface area contributed by atoms with Crippen LogP contribution in [-0.4, -0.2) is 25.2 Å². The zero-order valence-electron chi connectivity index (χ0n) is 9.98. The van der Waals surface area contributed by atoms with Crippen LogP contribution < -0.4 is 5.56 Å². The highest BCUT2D eigenvalue weighted by Gasteiger charge is 2.07. The van der Waals surface area contributed by atoms with E-state index in [4.69, 9.17) is 0 Å². The quantitative estimate of drug-likeness (QED) is 0.684. The fraction of sp³-hybridized carbons (Fsp3) is 0.182. The molecule has 0 saturated heterocycles. The van der Waals surface area contributed by atoms with Crippen LogP contribution >= 0.6 is 23.1 Å². The average molecular weight is 291 g/mol. The van der Waals surface area contributed by atoms with Crippen molar-refractivity contribution in [3.8, 4) is 0 Å². The Morgan fingerprint density at radius 3 is 2.89 bits per heavy atom. The number of fused-ring (bicyclic) bond motifs is 1. The first-order valence-corrected chi connectivity index (χ1v) is 7.30. The molecule has 6 nitrogen and oxygen atoms in total. The van der Waals surface area contributed by atoms with Gasteiger partial charge < -0.3 is 0 Å². The standard InChI is InChI=1S/C11H9N5OS2/c1-7-12-14-11(19-7)18-6-16-10(17)8-4-2-3-5-9(8)13-15-16/h2-5H,6H2,1H3. The average Bonchev–Trinajstić information content (AvgIpc) is 2.84. The predicted octanol–water partition coefficient (Wildman–Crippen LogP) is 1.70. The van der Waals surface area contributed by atoms with Crippen molar-refractivity contribution in [2.24, 2.45) is 0 Å². The van der Waals surface area contributed by atoms with Gasteiger partial charge >= 0.3 is 0 Å². The maximum Gasteiger partial charge on any atom is 0.278 e. The molecule has 0 bridgehead atoms. The number of aryl methyl sites for hydroxylation is 1. The molecule has 0 atom stereocenters. The minimum absolute atomic E-state index is 0.140. The number of hydrogen-bond donors (Lipinski definition) is 0. The van der Waals surface area contributed by atoms with E-state index in [1.165, 1.54) is 27.8 Å². The Balaban J connectivity index is 1.89. The molecule has 0 aliphatic rings. The summed E-state index contributed by atoms with van der Waals surface area (Å²) in [5.41, 5.74) is 0.472. The highest BCUT2D eigenvalue weighted by molar-refractivity contribution is 8.00. The summed E-state index contributed by atoms with van der Waals surface area (Å²) in [6, 6.07) is 7.18. The van der Waals surface area contributed by atoms with Gasteiger partial charge in [-0.15, -0.1) is 15.3 Å². The van der Waals surface area contributed by atoms with Crippen molar-refractivity contribution in [3.05, 3.63) is 39.6 Å². The first kappa shape index (κ1) is 12.2. The largest absolute Gasteiger partial charge is 0.278 e. The van der Waals surface area contributed by atoms with Crippen LogP contribution in [0.15, 0.2) is 33.4 Å². The third-order valence-corrected chi connectivity index (χ3v) is 4.39. The molecule has 19 heavy (non-hydrogen) atoms. The van der Waals surface area contributed by atoms with Crippen molar-refractivity contribution >= 4 is 34.0 Å². The van der Waals surface area contributed by atoms with E-state index in [0.29, 0.717) is 16.8 Å². The Kier molecular flexibility index (Phi) is 3.26. The Bertz CT molecular complexity index is 782. The summed E-state index contributed by atoms with van der Waals surface area (Å²) in [5.74, 6) is 0.380. The van der Waals surface area contributed by atoms with E-state index in [9.17, 15) is 4.79 Å². The van der Waals surface area contributed by atoms with Crippen LogP contribution in [0.1, 0.15) is 5.01 Å². The highest BCUT2D eigenvalue weighted by atomic mass is 32.2. The smallest absolute Gasteiger partial charge is 0.267 e. The molecule has 0 radical (unpaired) electrons. The number of rotatable bonds is 3. The second-order valence-corrected chi connectivity index (χ2v) is 6.15. The molecule has 2 aromatic heterocycles. The summed E-state index contributed by atoms with van der Waals surface area (Å²) in [6.07, 6.45) is 0. The lowest BCUT2D eigenvalue weighted by molar-refractivity contribution is 0.644. The summed E-state index contributed by atoms with van der Waals surface area (Å²) in [6.45, 7) is 1.89. The number of thioether (sulfide) groups is 1. The molecule has 3 aromatic rings. The van der Waals surface area contributed by atoms with Crippen LogP contribution in [0.4, 0.5) is 0 Å². The Morgan fingerprint density at radius 2 is 2.11 bits per heavy atom. The van der Waals surface area contributed by atoms with Crippen molar-refractivity contribution in [1.82, 2.24) is 25.2 Å². The van der Waals surface area contributed by atoms with Crippen LogP contribution in [0.5, 0.6) is 0 Å². The van der Waals surface area contributed by atoms with E-state index in [2.05, 4.69) is 20.5 Å². The van der Waals surface area contributed by atoms with Gasteiger partial charge in [-0.25, -0.2) is 0 Å². The SMILES string of the molecule is Cc1nnc(SCn2nnc3ccccc3c2=O)s1. The lowest BCUT2D eigenvalue weighted by atomic mass is 10.2. The lowest BCUT2D eigenvalue weighted by Gasteiger charge is -2.02. The number of nitrogens with zero attached hydrogens (tertiary/aromatic N) is 5. The summed E-state index contributed by atoms with van der Waals surface area (Å²) in [7, 11) is 0. The van der Waals surface area contributed by atoms with Gasteiger partial charge in [-0.05, 0) is 19.1 Å². The third-order valence-electron chi connectivity index (χ3n) is 2.45. The first-order valence-electron chi connectivity index (χ1n) is 5.49. The van der Waals surface area contributed by atoms with Gasteiger partial charge in [0, 0.05) is 0 Å². The third kappa shape index (κ3) is 2.49. The first-order chi connectivity index (χ1) is 9.24. The molecule has 1 aromatic carbocycles. The van der Waals surface area contributed by atoms with Crippen LogP contribution in [0.2, 0.25) is 0 Å². The van der Waals surface area contributed by atoms with Crippen molar-refractivity contribution in [2.45, 2.75) is 17.1 Å². The summed E-state index contributed by atoms with van der Waals surface area (Å²) in [4.78, 5) is 12.2. The number of aromatic nitrogens is 5. The molecule has 0 aliphatic carbocycles. The van der Waals surface area contributed by atoms with E-state index in [1.807, 2.05) is 19.1 Å². The van der Waals surface area contributed by atoms with E-state index >= 15 is 0 Å². The molecule has 8 heteroatoms. The van der Waals surface area contributed by atoms with Gasteiger partial charge in [0.1, 0.15) is 10.5 Å². The monoisotopic (exact) mass is 291 g/mol. The molecule has 0 amide bonds. The molecule has 96 valence electrons. The topological polar surface area (TPSA) is 73.6 Å². The van der Waals surface area contributed by atoms with Gasteiger partial charge in [-0.3, -0.25) is 4.79 Å². The van der Waals surface area contributed by atoms with Crippen molar-refractivity contribution in [1.29, 1.82) is 0 Å². The normalized spacial score (nSPS) is 11.0. The van der Waals surface area contributed by atoms with Crippen LogP contribution in [0.25, 0.3) is 10.9 Å². The van der Waals surface area contributed by atoms with Crippen molar-refractivity contribution in [3.63, 3.8) is 0 Å². The molecule has 2 heterocycles. The molecular formula is C11H9N5OS2. The second kappa shape index (κ2) is 5.06. The molecule has 3 rings (SSSR count). The van der Waals surface area contributed by atoms with Gasteiger partial charge in [0.2, 0.25) is 0 Å². The number of benzene rings is 1. The number of hydrogen-bond acceptors (Lipinski definition) is 7. The minimum atomic E-state index is -0.140. The van der Waals surface area contributed by atoms with Crippen molar-refractivity contribution < 1.29 is 0 Å². The van der Waals surface area contributed by atoms with Gasteiger partial charge in [-0.1, -0.05) is 40.4 Å². The highest BCUT2D eigenvalue weighted by Crippen LogP contribution is 2.22. The van der Waals surface area contributed by atoms with Gasteiger partial charge in [-0.2, -0.15) is 4.68 Å². The fourth-order valence-electron chi connectivity index (χ4n) is 1.56. The molecule has 0 fully saturated rings. The molecule has 0 aliphatic heterocycles. The second-order valence-electron chi connectivity index (χ2n) is 3.77. The van der Waals surface area contributed by atoms with E-state index in [1.54, 1.807) is 12.1 Å². The molecule has 0 unspecified atom stereocenters. The van der Waals surface area contributed by atoms with Gasteiger partial charge in [0.25, 0.3) is 5.56 Å². The maximum atomic E-state index is 12.2. The Labute approximate surface area is 116 Å². The molecule has 0 N–H and O–H groups in total. The summed E-state index contributed by atoms with van der Waals surface area (Å²) < 4.78 is 2.16. The molecular weight excluding hydrogens is 282 g/mol. The van der Waals surface area contributed by atoms with Gasteiger partial charge in [0.15, 0.2) is 4.34 Å². The zero-order valence-corrected chi connectivity index (χ0v) is 11.6. The fourth-order valence-corrected chi connectivity index (χ4v) is 3.23. The zero-order chi connectivity index (χ0) is 13.2. The van der Waals surface area contributed by atoms with Crippen LogP contribution in [0, 0.1) is 6.92 Å². The lowest BCUT2D eigenvalue weighted by Crippen LogP contribution is -2.23. The summed E-state index contributed by atoms with van der Waals surface area (Å²) >= 11 is 2.92.